The average Bonchev–Trinajstić information content (AvgIpc) is 2.40. The van der Waals surface area contributed by atoms with Crippen LogP contribution in [0.2, 0.25) is 0 Å². The van der Waals surface area contributed by atoms with Crippen molar-refractivity contribution in [2.75, 3.05) is 35.3 Å². The molecule has 19 heavy (non-hydrogen) atoms. The summed E-state index contributed by atoms with van der Waals surface area (Å²) in [5, 5.41) is 0. The maximum Gasteiger partial charge on any atom is 0.341 e. The molecule has 1 aliphatic rings. The fourth-order valence-electron chi connectivity index (χ4n) is 2.10. The van der Waals surface area contributed by atoms with Crippen molar-refractivity contribution in [2.45, 2.75) is 19.9 Å². The SMILES string of the molecule is CCOC(=O)c1cc(N)cnc1N1CCSCC1C. The molecule has 0 radical (unpaired) electrons. The number of hydrogen-bond acceptors (Lipinski definition) is 6. The molecule has 1 saturated heterocycles. The fourth-order valence-corrected chi connectivity index (χ4v) is 3.12. The Hall–Kier alpha value is -1.43. The van der Waals surface area contributed by atoms with Crippen LogP contribution in [0.1, 0.15) is 24.2 Å². The Bertz CT molecular complexity index is 467. The van der Waals surface area contributed by atoms with Gasteiger partial charge in [0.2, 0.25) is 0 Å². The molecule has 104 valence electrons. The van der Waals surface area contributed by atoms with Gasteiger partial charge in [-0.25, -0.2) is 9.78 Å². The Kier molecular flexibility index (Phi) is 4.52. The minimum Gasteiger partial charge on any atom is -0.462 e. The largest absolute Gasteiger partial charge is 0.462 e. The van der Waals surface area contributed by atoms with Crippen LogP contribution < -0.4 is 10.6 Å². The summed E-state index contributed by atoms with van der Waals surface area (Å²) in [5.74, 6) is 2.40. The summed E-state index contributed by atoms with van der Waals surface area (Å²) in [5.41, 5.74) is 6.67. The first-order valence-electron chi connectivity index (χ1n) is 6.40. The van der Waals surface area contributed by atoms with Gasteiger partial charge >= 0.3 is 5.97 Å². The van der Waals surface area contributed by atoms with Crippen molar-refractivity contribution in [1.29, 1.82) is 0 Å². The molecule has 0 spiro atoms. The number of aromatic nitrogens is 1. The Balaban J connectivity index is 2.35. The summed E-state index contributed by atoms with van der Waals surface area (Å²) in [6.07, 6.45) is 1.59. The van der Waals surface area contributed by atoms with Crippen molar-refractivity contribution in [3.05, 3.63) is 17.8 Å². The van der Waals surface area contributed by atoms with E-state index in [9.17, 15) is 4.79 Å². The van der Waals surface area contributed by atoms with Crippen LogP contribution in [0.5, 0.6) is 0 Å². The van der Waals surface area contributed by atoms with Gasteiger partial charge in [0, 0.05) is 24.1 Å². The monoisotopic (exact) mass is 281 g/mol. The van der Waals surface area contributed by atoms with Crippen LogP contribution in [0.3, 0.4) is 0 Å². The predicted molar refractivity (Wildman–Crippen MR) is 78.7 cm³/mol. The van der Waals surface area contributed by atoms with E-state index in [4.69, 9.17) is 10.5 Å². The third kappa shape index (κ3) is 3.12. The van der Waals surface area contributed by atoms with Crippen molar-refractivity contribution in [3.63, 3.8) is 0 Å². The molecule has 0 aromatic carbocycles. The lowest BCUT2D eigenvalue weighted by Gasteiger charge is -2.34. The first-order chi connectivity index (χ1) is 9.13. The van der Waals surface area contributed by atoms with Crippen LogP contribution in [-0.2, 0) is 4.74 Å². The van der Waals surface area contributed by atoms with Crippen LogP contribution in [0, 0.1) is 0 Å². The van der Waals surface area contributed by atoms with E-state index in [0.717, 1.165) is 18.1 Å². The van der Waals surface area contributed by atoms with Gasteiger partial charge in [0.15, 0.2) is 0 Å². The van der Waals surface area contributed by atoms with Crippen LogP contribution in [0.15, 0.2) is 12.3 Å². The molecule has 0 saturated carbocycles. The highest BCUT2D eigenvalue weighted by Gasteiger charge is 2.25. The van der Waals surface area contributed by atoms with E-state index in [1.165, 1.54) is 0 Å². The number of anilines is 2. The van der Waals surface area contributed by atoms with E-state index < -0.39 is 0 Å². The molecule has 1 unspecified atom stereocenters. The Morgan fingerprint density at radius 2 is 2.47 bits per heavy atom. The normalized spacial score (nSPS) is 19.3. The zero-order chi connectivity index (χ0) is 13.8. The summed E-state index contributed by atoms with van der Waals surface area (Å²) in [7, 11) is 0. The topological polar surface area (TPSA) is 68.5 Å². The quantitative estimate of drug-likeness (QED) is 0.852. The predicted octanol–water partition coefficient (Wildman–Crippen LogP) is 1.78. The van der Waals surface area contributed by atoms with Gasteiger partial charge in [-0.3, -0.25) is 0 Å². The molecule has 1 aromatic rings. The van der Waals surface area contributed by atoms with E-state index in [-0.39, 0.29) is 5.97 Å². The van der Waals surface area contributed by atoms with Gasteiger partial charge < -0.3 is 15.4 Å². The average molecular weight is 281 g/mol. The molecule has 2 rings (SSSR count). The van der Waals surface area contributed by atoms with Crippen molar-refractivity contribution < 1.29 is 9.53 Å². The smallest absolute Gasteiger partial charge is 0.341 e. The molecule has 1 fully saturated rings. The lowest BCUT2D eigenvalue weighted by atomic mass is 10.2. The number of ether oxygens (including phenoxy) is 1. The molecule has 2 N–H and O–H groups in total. The molecule has 0 amide bonds. The van der Waals surface area contributed by atoms with E-state index in [1.807, 2.05) is 11.8 Å². The molecule has 6 heteroatoms. The van der Waals surface area contributed by atoms with Crippen molar-refractivity contribution in [2.24, 2.45) is 0 Å². The first-order valence-corrected chi connectivity index (χ1v) is 7.56. The van der Waals surface area contributed by atoms with E-state index in [1.54, 1.807) is 19.2 Å². The molecule has 1 aliphatic heterocycles. The number of esters is 1. The Labute approximate surface area is 117 Å². The van der Waals surface area contributed by atoms with E-state index >= 15 is 0 Å². The van der Waals surface area contributed by atoms with Gasteiger partial charge in [-0.15, -0.1) is 0 Å². The summed E-state index contributed by atoms with van der Waals surface area (Å²) in [4.78, 5) is 18.5. The number of carbonyl (C=O) groups excluding carboxylic acids is 1. The molecule has 5 nitrogen and oxygen atoms in total. The lowest BCUT2D eigenvalue weighted by molar-refractivity contribution is 0.0526. The number of pyridine rings is 1. The Morgan fingerprint density at radius 1 is 1.68 bits per heavy atom. The zero-order valence-corrected chi connectivity index (χ0v) is 12.1. The minimum atomic E-state index is -0.359. The molecule has 0 aliphatic carbocycles. The Morgan fingerprint density at radius 3 is 3.16 bits per heavy atom. The van der Waals surface area contributed by atoms with Gasteiger partial charge in [-0.2, -0.15) is 11.8 Å². The number of nitrogens with two attached hydrogens (primary N) is 1. The molecule has 2 heterocycles. The zero-order valence-electron chi connectivity index (χ0n) is 11.3. The summed E-state index contributed by atoms with van der Waals surface area (Å²) in [6, 6.07) is 2.00. The van der Waals surface area contributed by atoms with Gasteiger partial charge in [0.25, 0.3) is 0 Å². The molecular weight excluding hydrogens is 262 g/mol. The lowest BCUT2D eigenvalue weighted by Crippen LogP contribution is -2.41. The van der Waals surface area contributed by atoms with E-state index in [0.29, 0.717) is 29.7 Å². The summed E-state index contributed by atoms with van der Waals surface area (Å²) >= 11 is 1.92. The van der Waals surface area contributed by atoms with Gasteiger partial charge in [-0.05, 0) is 19.9 Å². The third-order valence-corrected chi connectivity index (χ3v) is 4.21. The number of thioether (sulfide) groups is 1. The molecule has 1 aromatic heterocycles. The van der Waals surface area contributed by atoms with Crippen molar-refractivity contribution in [1.82, 2.24) is 4.98 Å². The van der Waals surface area contributed by atoms with Crippen molar-refractivity contribution in [3.8, 4) is 0 Å². The number of carbonyl (C=O) groups is 1. The van der Waals surface area contributed by atoms with Gasteiger partial charge in [-0.1, -0.05) is 0 Å². The number of nitrogens with zero attached hydrogens (tertiary/aromatic N) is 2. The van der Waals surface area contributed by atoms with E-state index in [2.05, 4.69) is 16.8 Å². The highest BCUT2D eigenvalue weighted by Crippen LogP contribution is 2.27. The maximum absolute atomic E-state index is 12.0. The van der Waals surface area contributed by atoms with Crippen LogP contribution >= 0.6 is 11.8 Å². The number of rotatable bonds is 3. The third-order valence-electron chi connectivity index (χ3n) is 3.02. The van der Waals surface area contributed by atoms with Crippen LogP contribution in [0.4, 0.5) is 11.5 Å². The van der Waals surface area contributed by atoms with Crippen molar-refractivity contribution >= 4 is 29.2 Å². The molecule has 0 bridgehead atoms. The highest BCUT2D eigenvalue weighted by atomic mass is 32.2. The van der Waals surface area contributed by atoms with Crippen LogP contribution in [0.25, 0.3) is 0 Å². The maximum atomic E-state index is 12.0. The standard InChI is InChI=1S/C13H19N3O2S/c1-3-18-13(17)11-6-10(14)7-15-12(11)16-4-5-19-8-9(16)2/h6-7,9H,3-5,8,14H2,1-2H3. The summed E-state index contributed by atoms with van der Waals surface area (Å²) in [6.45, 7) is 5.16. The van der Waals surface area contributed by atoms with Gasteiger partial charge in [0.05, 0.1) is 18.5 Å². The van der Waals surface area contributed by atoms with Gasteiger partial charge in [0.1, 0.15) is 11.4 Å². The molecular formula is C13H19N3O2S. The summed E-state index contributed by atoms with van der Waals surface area (Å²) < 4.78 is 5.08. The number of hydrogen-bond donors (Lipinski definition) is 1. The fraction of sp³-hybridized carbons (Fsp3) is 0.538. The second kappa shape index (κ2) is 6.14. The highest BCUT2D eigenvalue weighted by molar-refractivity contribution is 7.99. The number of nitrogen functional groups attached to an aromatic ring is 1. The second-order valence-electron chi connectivity index (χ2n) is 4.48. The first kappa shape index (κ1) is 14.0. The van der Waals surface area contributed by atoms with Crippen LogP contribution in [-0.4, -0.2) is 41.7 Å². The molecule has 1 atom stereocenters. The second-order valence-corrected chi connectivity index (χ2v) is 5.63. The minimum absolute atomic E-state index is 0.346.